The summed E-state index contributed by atoms with van der Waals surface area (Å²) in [5, 5.41) is 5.73. The van der Waals surface area contributed by atoms with Crippen molar-refractivity contribution >= 4 is 16.7 Å². The molecule has 2 aromatic heterocycles. The molecule has 3 rings (SSSR count). The van der Waals surface area contributed by atoms with Crippen LogP contribution in [-0.4, -0.2) is 14.8 Å². The number of aromatic nitrogens is 3. The molecule has 0 radical (unpaired) electrons. The Hall–Kier alpha value is -2.36. The maximum atomic E-state index is 6.09. The first-order chi connectivity index (χ1) is 9.45. The van der Waals surface area contributed by atoms with Gasteiger partial charge in [0.1, 0.15) is 5.82 Å². The normalized spacial score (nSPS) is 11.9. The molecule has 0 bridgehead atoms. The van der Waals surface area contributed by atoms with Gasteiger partial charge in [0.05, 0.1) is 16.9 Å². The SMILES string of the molecule is CC(C)(C)c1cc(N)n(-c2ccc3cccnc3c2)n1. The second kappa shape index (κ2) is 4.34. The fraction of sp³-hybridized carbons (Fsp3) is 0.250. The number of nitrogens with two attached hydrogens (primary N) is 1. The van der Waals surface area contributed by atoms with Gasteiger partial charge >= 0.3 is 0 Å². The van der Waals surface area contributed by atoms with Crippen molar-refractivity contribution < 1.29 is 0 Å². The Labute approximate surface area is 118 Å². The summed E-state index contributed by atoms with van der Waals surface area (Å²) in [4.78, 5) is 4.37. The molecule has 0 fully saturated rings. The molecule has 0 atom stereocenters. The van der Waals surface area contributed by atoms with Gasteiger partial charge < -0.3 is 5.73 Å². The van der Waals surface area contributed by atoms with Crippen LogP contribution in [0.15, 0.2) is 42.6 Å². The smallest absolute Gasteiger partial charge is 0.127 e. The zero-order valence-electron chi connectivity index (χ0n) is 12.0. The molecular weight excluding hydrogens is 248 g/mol. The van der Waals surface area contributed by atoms with Gasteiger partial charge in [0.2, 0.25) is 0 Å². The zero-order valence-corrected chi connectivity index (χ0v) is 12.0. The first-order valence-electron chi connectivity index (χ1n) is 6.66. The molecule has 2 N–H and O–H groups in total. The first-order valence-corrected chi connectivity index (χ1v) is 6.66. The standard InChI is InChI=1S/C16H18N4/c1-16(2,3)14-10-15(17)20(19-14)12-7-6-11-5-4-8-18-13(11)9-12/h4-10H,17H2,1-3H3. The highest BCUT2D eigenvalue weighted by atomic mass is 15.3. The number of hydrogen-bond donors (Lipinski definition) is 1. The molecule has 0 spiro atoms. The maximum absolute atomic E-state index is 6.09. The van der Waals surface area contributed by atoms with Crippen molar-refractivity contribution in [1.82, 2.24) is 14.8 Å². The summed E-state index contributed by atoms with van der Waals surface area (Å²) in [6.45, 7) is 6.38. The van der Waals surface area contributed by atoms with Gasteiger partial charge in [-0.25, -0.2) is 4.68 Å². The van der Waals surface area contributed by atoms with Crippen molar-refractivity contribution in [3.05, 3.63) is 48.3 Å². The highest BCUT2D eigenvalue weighted by molar-refractivity contribution is 5.80. The van der Waals surface area contributed by atoms with Gasteiger partial charge in [0.25, 0.3) is 0 Å². The van der Waals surface area contributed by atoms with Crippen LogP contribution in [0, 0.1) is 0 Å². The summed E-state index contributed by atoms with van der Waals surface area (Å²) >= 11 is 0. The van der Waals surface area contributed by atoms with Gasteiger partial charge in [0, 0.05) is 23.1 Å². The number of fused-ring (bicyclic) bond motifs is 1. The van der Waals surface area contributed by atoms with Gasteiger partial charge in [-0.15, -0.1) is 0 Å². The summed E-state index contributed by atoms with van der Waals surface area (Å²) < 4.78 is 1.77. The Kier molecular flexibility index (Phi) is 2.74. The first kappa shape index (κ1) is 12.7. The van der Waals surface area contributed by atoms with Gasteiger partial charge in [-0.1, -0.05) is 32.9 Å². The molecule has 4 nitrogen and oxygen atoms in total. The van der Waals surface area contributed by atoms with Gasteiger partial charge in [0.15, 0.2) is 0 Å². The minimum atomic E-state index is -0.0194. The summed E-state index contributed by atoms with van der Waals surface area (Å²) in [6, 6.07) is 12.0. The Morgan fingerprint density at radius 1 is 1.10 bits per heavy atom. The number of nitrogen functional groups attached to an aromatic ring is 1. The molecular formula is C16H18N4. The predicted molar refractivity (Wildman–Crippen MR) is 82.0 cm³/mol. The Morgan fingerprint density at radius 3 is 2.60 bits per heavy atom. The fourth-order valence-electron chi connectivity index (χ4n) is 2.16. The molecule has 0 saturated heterocycles. The van der Waals surface area contributed by atoms with Crippen LogP contribution < -0.4 is 5.73 Å². The van der Waals surface area contributed by atoms with E-state index in [-0.39, 0.29) is 5.41 Å². The van der Waals surface area contributed by atoms with E-state index in [0.29, 0.717) is 5.82 Å². The molecule has 20 heavy (non-hydrogen) atoms. The van der Waals surface area contributed by atoms with E-state index in [9.17, 15) is 0 Å². The molecule has 3 aromatic rings. The van der Waals surface area contributed by atoms with Crippen LogP contribution >= 0.6 is 0 Å². The third kappa shape index (κ3) is 2.13. The third-order valence-corrected chi connectivity index (χ3v) is 3.34. The van der Waals surface area contributed by atoms with E-state index in [1.807, 2.05) is 36.4 Å². The van der Waals surface area contributed by atoms with E-state index in [1.54, 1.807) is 10.9 Å². The highest BCUT2D eigenvalue weighted by Crippen LogP contribution is 2.25. The molecule has 0 aliphatic heterocycles. The second-order valence-corrected chi connectivity index (χ2v) is 6.00. The second-order valence-electron chi connectivity index (χ2n) is 6.00. The van der Waals surface area contributed by atoms with E-state index in [1.165, 1.54) is 0 Å². The minimum absolute atomic E-state index is 0.0194. The predicted octanol–water partition coefficient (Wildman–Crippen LogP) is 3.30. The monoisotopic (exact) mass is 266 g/mol. The lowest BCUT2D eigenvalue weighted by atomic mass is 9.92. The molecule has 2 heterocycles. The van der Waals surface area contributed by atoms with Crippen LogP contribution in [0.25, 0.3) is 16.6 Å². The average molecular weight is 266 g/mol. The number of benzene rings is 1. The lowest BCUT2D eigenvalue weighted by Gasteiger charge is -2.14. The summed E-state index contributed by atoms with van der Waals surface area (Å²) in [6.07, 6.45) is 1.79. The third-order valence-electron chi connectivity index (χ3n) is 3.34. The lowest BCUT2D eigenvalue weighted by molar-refractivity contribution is 0.560. The van der Waals surface area contributed by atoms with Crippen molar-refractivity contribution in [3.8, 4) is 5.69 Å². The number of anilines is 1. The maximum Gasteiger partial charge on any atom is 0.127 e. The molecule has 0 aliphatic rings. The van der Waals surface area contributed by atoms with Crippen molar-refractivity contribution in [1.29, 1.82) is 0 Å². The summed E-state index contributed by atoms with van der Waals surface area (Å²) in [7, 11) is 0. The van der Waals surface area contributed by atoms with Crippen molar-refractivity contribution in [3.63, 3.8) is 0 Å². The fourth-order valence-corrected chi connectivity index (χ4v) is 2.16. The summed E-state index contributed by atoms with van der Waals surface area (Å²) in [5.74, 6) is 0.644. The highest BCUT2D eigenvalue weighted by Gasteiger charge is 2.19. The van der Waals surface area contributed by atoms with Crippen LogP contribution in [-0.2, 0) is 5.41 Å². The molecule has 0 saturated carbocycles. The minimum Gasteiger partial charge on any atom is -0.384 e. The molecule has 0 amide bonds. The lowest BCUT2D eigenvalue weighted by Crippen LogP contribution is -2.12. The Balaban J connectivity index is 2.13. The van der Waals surface area contributed by atoms with E-state index in [2.05, 4.69) is 30.9 Å². The number of rotatable bonds is 1. The van der Waals surface area contributed by atoms with Crippen LogP contribution in [0.1, 0.15) is 26.5 Å². The topological polar surface area (TPSA) is 56.7 Å². The van der Waals surface area contributed by atoms with Gasteiger partial charge in [-0.2, -0.15) is 5.10 Å². The number of nitrogens with zero attached hydrogens (tertiary/aromatic N) is 3. The van der Waals surface area contributed by atoms with E-state index >= 15 is 0 Å². The number of hydrogen-bond acceptors (Lipinski definition) is 3. The van der Waals surface area contributed by atoms with E-state index in [4.69, 9.17) is 5.73 Å². The molecule has 0 unspecified atom stereocenters. The van der Waals surface area contributed by atoms with Gasteiger partial charge in [-0.3, -0.25) is 4.98 Å². The van der Waals surface area contributed by atoms with E-state index in [0.717, 1.165) is 22.3 Å². The van der Waals surface area contributed by atoms with Crippen LogP contribution in [0.5, 0.6) is 0 Å². The van der Waals surface area contributed by atoms with Crippen molar-refractivity contribution in [2.45, 2.75) is 26.2 Å². The molecule has 102 valence electrons. The van der Waals surface area contributed by atoms with Crippen molar-refractivity contribution in [2.24, 2.45) is 0 Å². The Morgan fingerprint density at radius 2 is 1.90 bits per heavy atom. The quantitative estimate of drug-likeness (QED) is 0.735. The summed E-state index contributed by atoms with van der Waals surface area (Å²) in [5.41, 5.74) is 8.93. The molecule has 1 aromatic carbocycles. The number of pyridine rings is 1. The van der Waals surface area contributed by atoms with Gasteiger partial charge in [-0.05, 0) is 18.2 Å². The zero-order chi connectivity index (χ0) is 14.3. The molecule has 0 aliphatic carbocycles. The van der Waals surface area contributed by atoms with Crippen molar-refractivity contribution in [2.75, 3.05) is 5.73 Å². The Bertz CT molecular complexity index is 765. The van der Waals surface area contributed by atoms with Crippen LogP contribution in [0.4, 0.5) is 5.82 Å². The van der Waals surface area contributed by atoms with Crippen LogP contribution in [0.3, 0.4) is 0 Å². The average Bonchev–Trinajstić information content (AvgIpc) is 2.80. The largest absolute Gasteiger partial charge is 0.384 e. The van der Waals surface area contributed by atoms with E-state index < -0.39 is 0 Å². The molecule has 4 heteroatoms. The van der Waals surface area contributed by atoms with Crippen LogP contribution in [0.2, 0.25) is 0 Å².